The molecule has 0 bridgehead atoms. The van der Waals surface area contributed by atoms with Crippen LogP contribution < -0.4 is 0 Å². The van der Waals surface area contributed by atoms with E-state index in [9.17, 15) is 17.6 Å². The van der Waals surface area contributed by atoms with Gasteiger partial charge in [-0.2, -0.15) is 0 Å². The molecule has 0 aromatic carbocycles. The van der Waals surface area contributed by atoms with Crippen molar-refractivity contribution in [3.8, 4) is 22.8 Å². The first-order valence-electron chi connectivity index (χ1n) is 14.3. The predicted octanol–water partition coefficient (Wildman–Crippen LogP) is 7.72. The molecule has 19 heteroatoms. The standard InChI is InChI=1S/C15H10F2N6.C14H10ClF2N5.2CN.Zn/c1-18-11-5-4-10-15(22-11)23(8-2-3-8)14(21-10)9-6-19-7-20-12(9)13(16)17;15-10-4-3-9-14(21-10)22(7-1-2-7)13(20-9)8-5-18-6-19-11(8)12(16)17;2*1-2;/h4-8,13H,2-3H2;3-7,12H,1-2H2;;;/q;;2*-1;+2. The third kappa shape index (κ3) is 7.55. The number of aromatic nitrogens is 10. The van der Waals surface area contributed by atoms with Crippen LogP contribution in [0.2, 0.25) is 5.15 Å². The molecular formula is C31H20ClF4N13Zn. The zero-order valence-corrected chi connectivity index (χ0v) is 29.4. The molecule has 6 aromatic heterocycles. The molecule has 0 amide bonds. The first-order chi connectivity index (χ1) is 23.8. The van der Waals surface area contributed by atoms with Gasteiger partial charge in [0.2, 0.25) is 0 Å². The van der Waals surface area contributed by atoms with E-state index in [-0.39, 0.29) is 59.9 Å². The number of imidazole rings is 2. The smallest absolute Gasteiger partial charge is 0.512 e. The fraction of sp³-hybridized carbons (Fsp3) is 0.258. The summed E-state index contributed by atoms with van der Waals surface area (Å²) in [5.74, 6) is 1.06. The van der Waals surface area contributed by atoms with E-state index in [0.717, 1.165) is 38.3 Å². The van der Waals surface area contributed by atoms with Gasteiger partial charge in [-0.05, 0) is 49.9 Å². The van der Waals surface area contributed by atoms with Gasteiger partial charge in [0.05, 0.1) is 11.1 Å². The van der Waals surface area contributed by atoms with Crippen LogP contribution in [0.3, 0.4) is 0 Å². The second-order valence-electron chi connectivity index (χ2n) is 10.4. The van der Waals surface area contributed by atoms with Crippen LogP contribution in [-0.4, -0.2) is 49.0 Å². The molecule has 0 atom stereocenters. The number of hydrogen-bond donors (Lipinski definition) is 0. The topological polar surface area (TPSA) is 165 Å². The van der Waals surface area contributed by atoms with Gasteiger partial charge in [0.15, 0.2) is 5.65 Å². The van der Waals surface area contributed by atoms with Crippen LogP contribution in [0.15, 0.2) is 49.3 Å². The van der Waals surface area contributed by atoms with Gasteiger partial charge in [-0.15, -0.1) is 0 Å². The van der Waals surface area contributed by atoms with E-state index >= 15 is 0 Å². The maximum atomic E-state index is 13.3. The van der Waals surface area contributed by atoms with Gasteiger partial charge in [0.1, 0.15) is 51.9 Å². The first kappa shape index (κ1) is 37.3. The second kappa shape index (κ2) is 16.3. The van der Waals surface area contributed by atoms with Crippen LogP contribution in [0, 0.1) is 30.2 Å². The molecule has 8 rings (SSSR count). The van der Waals surface area contributed by atoms with Gasteiger partial charge in [0.25, 0.3) is 24.3 Å². The maximum Gasteiger partial charge on any atom is 2.00 e. The number of halogens is 5. The molecule has 0 radical (unpaired) electrons. The quantitative estimate of drug-likeness (QED) is 0.0712. The summed E-state index contributed by atoms with van der Waals surface area (Å²) in [7, 11) is 0. The van der Waals surface area contributed by atoms with Crippen molar-refractivity contribution in [2.24, 2.45) is 0 Å². The van der Waals surface area contributed by atoms with Gasteiger partial charge >= 0.3 is 19.5 Å². The number of nitrogens with zero attached hydrogens (tertiary/aromatic N) is 13. The molecule has 6 heterocycles. The predicted molar refractivity (Wildman–Crippen MR) is 165 cm³/mol. The van der Waals surface area contributed by atoms with E-state index in [2.05, 4.69) is 44.7 Å². The third-order valence-corrected chi connectivity index (χ3v) is 7.56. The van der Waals surface area contributed by atoms with Crippen LogP contribution >= 0.6 is 11.6 Å². The Labute approximate surface area is 299 Å². The van der Waals surface area contributed by atoms with Crippen molar-refractivity contribution in [3.63, 3.8) is 0 Å². The van der Waals surface area contributed by atoms with Crippen molar-refractivity contribution in [3.05, 3.63) is 90.4 Å². The number of rotatable bonds is 6. The van der Waals surface area contributed by atoms with Gasteiger partial charge < -0.3 is 33.1 Å². The minimum Gasteiger partial charge on any atom is -0.512 e. The summed E-state index contributed by atoms with van der Waals surface area (Å²) < 4.78 is 56.6. The number of fused-ring (bicyclic) bond motifs is 2. The van der Waals surface area contributed by atoms with Gasteiger partial charge in [0, 0.05) is 24.5 Å². The largest absolute Gasteiger partial charge is 2.00 e. The third-order valence-electron chi connectivity index (χ3n) is 7.35. The summed E-state index contributed by atoms with van der Waals surface area (Å²) in [4.78, 5) is 35.9. The Balaban J connectivity index is 0.000000201. The normalized spacial score (nSPS) is 13.2. The summed E-state index contributed by atoms with van der Waals surface area (Å²) in [5, 5.41) is 12.8. The van der Waals surface area contributed by atoms with E-state index in [1.807, 2.05) is 9.13 Å². The van der Waals surface area contributed by atoms with Gasteiger partial charge in [-0.3, -0.25) is 4.57 Å². The molecule has 0 spiro atoms. The van der Waals surface area contributed by atoms with Gasteiger partial charge in [-0.1, -0.05) is 23.2 Å². The molecular weight excluding hydrogens is 731 g/mol. The fourth-order valence-corrected chi connectivity index (χ4v) is 5.23. The second-order valence-corrected chi connectivity index (χ2v) is 10.8. The van der Waals surface area contributed by atoms with E-state index in [0.29, 0.717) is 39.1 Å². The molecule has 50 heavy (non-hydrogen) atoms. The maximum absolute atomic E-state index is 13.3. The van der Waals surface area contributed by atoms with Crippen molar-refractivity contribution in [1.29, 1.82) is 10.5 Å². The van der Waals surface area contributed by atoms with Crippen LogP contribution in [0.25, 0.3) is 49.9 Å². The van der Waals surface area contributed by atoms with Gasteiger partial charge in [-0.25, -0.2) is 52.4 Å². The van der Waals surface area contributed by atoms with Crippen molar-refractivity contribution in [2.75, 3.05) is 0 Å². The zero-order chi connectivity index (χ0) is 35.2. The Kier molecular flexibility index (Phi) is 12.1. The number of pyridine rings is 2. The summed E-state index contributed by atoms with van der Waals surface area (Å²) in [6, 6.07) is 6.99. The van der Waals surface area contributed by atoms with E-state index in [1.54, 1.807) is 24.3 Å². The molecule has 2 saturated carbocycles. The minimum absolute atomic E-state index is 0. The SMILES string of the molecule is FC(F)c1ncncc1-c1nc2ccc(Cl)nc2n1C1CC1.[C-]#N.[C-]#N.[C-]#[N+]c1ccc2nc(-c3cncnc3C(F)F)n(C3CC3)c2n1.[Zn+2]. The molecule has 0 unspecified atom stereocenters. The Morgan fingerprint density at radius 1 is 0.700 bits per heavy atom. The Morgan fingerprint density at radius 3 is 1.56 bits per heavy atom. The molecule has 2 aliphatic rings. The van der Waals surface area contributed by atoms with E-state index in [1.165, 1.54) is 12.4 Å². The van der Waals surface area contributed by atoms with Crippen molar-refractivity contribution in [1.82, 2.24) is 49.0 Å². The van der Waals surface area contributed by atoms with Crippen LogP contribution in [-0.2, 0) is 19.5 Å². The fourth-order valence-electron chi connectivity index (χ4n) is 5.08. The number of alkyl halides is 4. The molecule has 6 aromatic rings. The van der Waals surface area contributed by atoms with Crippen molar-refractivity contribution >= 4 is 39.7 Å². The molecule has 2 fully saturated rings. The average molecular weight is 751 g/mol. The van der Waals surface area contributed by atoms with E-state index in [4.69, 9.17) is 41.8 Å². The number of hydrogen-bond acceptors (Lipinski definition) is 10. The molecule has 246 valence electrons. The summed E-state index contributed by atoms with van der Waals surface area (Å²) >= 11 is 5.96. The summed E-state index contributed by atoms with van der Waals surface area (Å²) in [5.41, 5.74) is 2.11. The molecule has 2 aliphatic carbocycles. The Hall–Kier alpha value is -5.50. The first-order valence-corrected chi connectivity index (χ1v) is 14.6. The van der Waals surface area contributed by atoms with Crippen molar-refractivity contribution in [2.45, 2.75) is 50.6 Å². The molecule has 13 nitrogen and oxygen atoms in total. The van der Waals surface area contributed by atoms with Crippen LogP contribution in [0.5, 0.6) is 0 Å². The Bertz CT molecular complexity index is 2200. The zero-order valence-electron chi connectivity index (χ0n) is 25.7. The molecule has 0 aliphatic heterocycles. The molecule has 0 saturated heterocycles. The minimum atomic E-state index is -2.72. The summed E-state index contributed by atoms with van der Waals surface area (Å²) in [6.45, 7) is 16.6. The van der Waals surface area contributed by atoms with Crippen LogP contribution in [0.4, 0.5) is 23.4 Å². The monoisotopic (exact) mass is 749 g/mol. The average Bonchev–Trinajstić information content (AvgIpc) is 4.08. The molecule has 0 N–H and O–H groups in total. The summed E-state index contributed by atoms with van der Waals surface area (Å²) in [6.07, 6.45) is 3.32. The van der Waals surface area contributed by atoms with E-state index < -0.39 is 12.9 Å². The van der Waals surface area contributed by atoms with Crippen LogP contribution in [0.1, 0.15) is 62.0 Å². The Morgan fingerprint density at radius 2 is 1.14 bits per heavy atom. The van der Waals surface area contributed by atoms with Crippen molar-refractivity contribution < 1.29 is 37.0 Å².